The molecule has 0 saturated carbocycles. The van der Waals surface area contributed by atoms with Crippen LogP contribution in [0.1, 0.15) is 61.8 Å². The average molecular weight is 399 g/mol. The Morgan fingerprint density at radius 2 is 0.800 bits per heavy atom. The van der Waals surface area contributed by atoms with Crippen LogP contribution in [0.25, 0.3) is 24.3 Å². The Labute approximate surface area is 181 Å². The van der Waals surface area contributed by atoms with Crippen molar-refractivity contribution in [2.24, 2.45) is 0 Å². The van der Waals surface area contributed by atoms with Gasteiger partial charge in [0, 0.05) is 37.1 Å². The van der Waals surface area contributed by atoms with Gasteiger partial charge in [0.2, 0.25) is 0 Å². The molecule has 2 heterocycles. The lowest BCUT2D eigenvalue weighted by molar-refractivity contribution is -0.697. The molecule has 3 rings (SSSR count). The predicted octanol–water partition coefficient (Wildman–Crippen LogP) is 6.20. The van der Waals surface area contributed by atoms with Gasteiger partial charge in [-0.25, -0.2) is 9.13 Å². The number of hydrogen-bond donors (Lipinski definition) is 0. The Bertz CT molecular complexity index is 853. The Morgan fingerprint density at radius 1 is 0.500 bits per heavy atom. The van der Waals surface area contributed by atoms with Crippen LogP contribution >= 0.6 is 0 Å². The molecule has 2 nitrogen and oxygen atoms in total. The lowest BCUT2D eigenvalue weighted by atomic mass is 10.1. The lowest BCUT2D eigenvalue weighted by Crippen LogP contribution is -2.32. The van der Waals surface area contributed by atoms with Crippen molar-refractivity contribution in [3.05, 3.63) is 95.6 Å². The third kappa shape index (κ3) is 7.11. The van der Waals surface area contributed by atoms with Crippen LogP contribution < -0.4 is 9.13 Å². The number of nitrogens with zero attached hydrogens (tertiary/aromatic N) is 2. The second kappa shape index (κ2) is 11.9. The Morgan fingerprint density at radius 3 is 1.10 bits per heavy atom. The highest BCUT2D eigenvalue weighted by Gasteiger charge is 1.99. The molecular weight excluding hydrogens is 364 g/mol. The monoisotopic (exact) mass is 398 g/mol. The van der Waals surface area contributed by atoms with Crippen molar-refractivity contribution in [2.75, 3.05) is 0 Å². The van der Waals surface area contributed by atoms with E-state index in [0.717, 1.165) is 13.1 Å². The van der Waals surface area contributed by atoms with Crippen molar-refractivity contribution in [1.29, 1.82) is 0 Å². The SMILES string of the molecule is CCCC[n+]1ccc(/C=C/c2ccc(/C=C/c3cc[n+](CCCC)cc3)cc2)cc1. The topological polar surface area (TPSA) is 7.76 Å². The smallest absolute Gasteiger partial charge is 0.169 e. The summed E-state index contributed by atoms with van der Waals surface area (Å²) in [6.45, 7) is 6.64. The van der Waals surface area contributed by atoms with Crippen LogP contribution in [0.4, 0.5) is 0 Å². The highest BCUT2D eigenvalue weighted by Crippen LogP contribution is 2.12. The Balaban J connectivity index is 1.55. The summed E-state index contributed by atoms with van der Waals surface area (Å²) in [5.41, 5.74) is 4.89. The number of pyridine rings is 2. The van der Waals surface area contributed by atoms with E-state index in [4.69, 9.17) is 0 Å². The van der Waals surface area contributed by atoms with Gasteiger partial charge < -0.3 is 0 Å². The Hall–Kier alpha value is -3.00. The summed E-state index contributed by atoms with van der Waals surface area (Å²) in [4.78, 5) is 0. The maximum atomic E-state index is 2.25. The standard InChI is InChI=1S/C28H34N2/c1-3-5-19-29-21-15-27(16-22-29)13-11-25-7-9-26(10-8-25)12-14-28-17-23-30(24-18-28)20-6-4-2/h7-18,21-24H,3-6,19-20H2,1-2H3/q+2/b13-11+,14-12+. The van der Waals surface area contributed by atoms with E-state index in [1.165, 1.54) is 47.9 Å². The molecule has 2 aromatic heterocycles. The first-order valence-corrected chi connectivity index (χ1v) is 11.2. The van der Waals surface area contributed by atoms with E-state index in [0.29, 0.717) is 0 Å². The molecule has 0 aliphatic rings. The van der Waals surface area contributed by atoms with Crippen molar-refractivity contribution in [3.8, 4) is 0 Å². The van der Waals surface area contributed by atoms with Crippen LogP contribution in [0.5, 0.6) is 0 Å². The van der Waals surface area contributed by atoms with Crippen LogP contribution in [-0.4, -0.2) is 0 Å². The number of aromatic nitrogens is 2. The molecule has 0 radical (unpaired) electrons. The zero-order valence-electron chi connectivity index (χ0n) is 18.4. The van der Waals surface area contributed by atoms with E-state index in [-0.39, 0.29) is 0 Å². The summed E-state index contributed by atoms with van der Waals surface area (Å²) in [6, 6.07) is 17.4. The summed E-state index contributed by atoms with van der Waals surface area (Å²) >= 11 is 0. The lowest BCUT2D eigenvalue weighted by Gasteiger charge is -1.98. The highest BCUT2D eigenvalue weighted by atomic mass is 14.9. The number of aryl methyl sites for hydroxylation is 2. The summed E-state index contributed by atoms with van der Waals surface area (Å²) in [7, 11) is 0. The second-order valence-corrected chi connectivity index (χ2v) is 7.78. The van der Waals surface area contributed by atoms with E-state index in [9.17, 15) is 0 Å². The molecule has 0 amide bonds. The largest absolute Gasteiger partial charge is 0.205 e. The van der Waals surface area contributed by atoms with Crippen molar-refractivity contribution >= 4 is 24.3 Å². The zero-order valence-corrected chi connectivity index (χ0v) is 18.4. The van der Waals surface area contributed by atoms with E-state index in [1.54, 1.807) is 0 Å². The predicted molar refractivity (Wildman–Crippen MR) is 127 cm³/mol. The third-order valence-corrected chi connectivity index (χ3v) is 5.25. The summed E-state index contributed by atoms with van der Waals surface area (Å²) in [5.74, 6) is 0. The summed E-state index contributed by atoms with van der Waals surface area (Å²) in [5, 5.41) is 0. The molecule has 1 aromatic carbocycles. The third-order valence-electron chi connectivity index (χ3n) is 5.25. The molecule has 0 unspecified atom stereocenters. The van der Waals surface area contributed by atoms with E-state index in [2.05, 4.69) is 121 Å². The minimum atomic E-state index is 1.09. The average Bonchev–Trinajstić information content (AvgIpc) is 2.80. The fourth-order valence-corrected chi connectivity index (χ4v) is 3.24. The Kier molecular flexibility index (Phi) is 8.59. The number of hydrogen-bond acceptors (Lipinski definition) is 0. The van der Waals surface area contributed by atoms with Gasteiger partial charge in [-0.05, 0) is 22.3 Å². The highest BCUT2D eigenvalue weighted by molar-refractivity contribution is 5.72. The number of benzene rings is 1. The van der Waals surface area contributed by atoms with Crippen molar-refractivity contribution in [2.45, 2.75) is 52.6 Å². The zero-order chi connectivity index (χ0) is 21.0. The first-order valence-electron chi connectivity index (χ1n) is 11.2. The molecule has 154 valence electrons. The fourth-order valence-electron chi connectivity index (χ4n) is 3.24. The van der Waals surface area contributed by atoms with Gasteiger partial charge in [0.25, 0.3) is 0 Å². The van der Waals surface area contributed by atoms with Crippen LogP contribution in [0.15, 0.2) is 73.3 Å². The van der Waals surface area contributed by atoms with Crippen LogP contribution in [0, 0.1) is 0 Å². The molecule has 0 atom stereocenters. The molecule has 0 spiro atoms. The molecule has 0 bridgehead atoms. The summed E-state index contributed by atoms with van der Waals surface area (Å²) in [6.07, 6.45) is 22.3. The molecule has 0 N–H and O–H groups in total. The van der Waals surface area contributed by atoms with E-state index >= 15 is 0 Å². The van der Waals surface area contributed by atoms with Gasteiger partial charge >= 0.3 is 0 Å². The number of unbranched alkanes of at least 4 members (excludes halogenated alkanes) is 2. The molecule has 0 fully saturated rings. The van der Waals surface area contributed by atoms with Crippen molar-refractivity contribution < 1.29 is 9.13 Å². The molecule has 0 saturated heterocycles. The fraction of sp³-hybridized carbons (Fsp3) is 0.286. The summed E-state index contributed by atoms with van der Waals surface area (Å²) < 4.78 is 4.50. The number of rotatable bonds is 10. The van der Waals surface area contributed by atoms with Gasteiger partial charge in [0.05, 0.1) is 0 Å². The quantitative estimate of drug-likeness (QED) is 0.359. The van der Waals surface area contributed by atoms with Crippen molar-refractivity contribution in [1.82, 2.24) is 0 Å². The van der Waals surface area contributed by atoms with Crippen LogP contribution in [0.2, 0.25) is 0 Å². The van der Waals surface area contributed by atoms with Gasteiger partial charge in [-0.1, -0.05) is 75.3 Å². The first-order chi connectivity index (χ1) is 14.8. The van der Waals surface area contributed by atoms with Gasteiger partial charge in [-0.2, -0.15) is 0 Å². The molecule has 30 heavy (non-hydrogen) atoms. The second-order valence-electron chi connectivity index (χ2n) is 7.78. The van der Waals surface area contributed by atoms with Gasteiger partial charge in [0.1, 0.15) is 13.1 Å². The van der Waals surface area contributed by atoms with E-state index < -0.39 is 0 Å². The van der Waals surface area contributed by atoms with Gasteiger partial charge in [-0.15, -0.1) is 0 Å². The molecule has 0 aliphatic heterocycles. The maximum absolute atomic E-state index is 2.25. The van der Waals surface area contributed by atoms with Crippen molar-refractivity contribution in [3.63, 3.8) is 0 Å². The maximum Gasteiger partial charge on any atom is 0.169 e. The first kappa shape index (κ1) is 21.7. The van der Waals surface area contributed by atoms with Gasteiger partial charge in [-0.3, -0.25) is 0 Å². The van der Waals surface area contributed by atoms with E-state index in [1.807, 2.05) is 0 Å². The van der Waals surface area contributed by atoms with Crippen LogP contribution in [0.3, 0.4) is 0 Å². The minimum Gasteiger partial charge on any atom is -0.205 e. The molecule has 3 aromatic rings. The molecular formula is C28H34N2+2. The van der Waals surface area contributed by atoms with Gasteiger partial charge in [0.15, 0.2) is 24.8 Å². The molecule has 2 heteroatoms. The normalized spacial score (nSPS) is 11.5. The minimum absolute atomic E-state index is 1.09. The molecule has 0 aliphatic carbocycles. The van der Waals surface area contributed by atoms with Crippen LogP contribution in [-0.2, 0) is 13.1 Å².